The summed E-state index contributed by atoms with van der Waals surface area (Å²) in [6.07, 6.45) is 1.35. The van der Waals surface area contributed by atoms with E-state index >= 15 is 0 Å². The average molecular weight is 222 g/mol. The van der Waals surface area contributed by atoms with E-state index in [2.05, 4.69) is 62.4 Å². The van der Waals surface area contributed by atoms with E-state index in [-0.39, 0.29) is 0 Å². The van der Waals surface area contributed by atoms with Gasteiger partial charge in [0, 0.05) is 0 Å². The molecule has 17 heavy (non-hydrogen) atoms. The first-order valence-electron chi connectivity index (χ1n) is 6.42. The van der Waals surface area contributed by atoms with Gasteiger partial charge in [-0.1, -0.05) is 55.5 Å². The van der Waals surface area contributed by atoms with Crippen molar-refractivity contribution in [2.75, 3.05) is 0 Å². The van der Waals surface area contributed by atoms with E-state index in [0.29, 0.717) is 0 Å². The Labute approximate surface area is 103 Å². The molecule has 1 fully saturated rings. The van der Waals surface area contributed by atoms with Gasteiger partial charge in [-0.3, -0.25) is 0 Å². The molecular weight excluding hydrogens is 204 g/mol. The molecule has 0 aromatic heterocycles. The van der Waals surface area contributed by atoms with E-state index in [1.165, 1.54) is 28.7 Å². The van der Waals surface area contributed by atoms with Gasteiger partial charge in [-0.15, -0.1) is 0 Å². The van der Waals surface area contributed by atoms with Crippen molar-refractivity contribution in [3.05, 3.63) is 59.7 Å². The second kappa shape index (κ2) is 4.03. The topological polar surface area (TPSA) is 0 Å². The van der Waals surface area contributed by atoms with Crippen LogP contribution in [0, 0.1) is 12.8 Å². The molecule has 1 aliphatic rings. The molecule has 0 bridgehead atoms. The molecule has 0 heterocycles. The van der Waals surface area contributed by atoms with Gasteiger partial charge in [-0.05, 0) is 47.4 Å². The predicted octanol–water partition coefficient (Wildman–Crippen LogP) is 4.79. The molecule has 1 aliphatic carbocycles. The molecule has 0 heteroatoms. The predicted molar refractivity (Wildman–Crippen MR) is 73.1 cm³/mol. The Hall–Kier alpha value is -1.56. The normalized spacial score (nSPS) is 22.5. The Morgan fingerprint density at radius 3 is 2.12 bits per heavy atom. The molecular formula is C17H18. The summed E-state index contributed by atoms with van der Waals surface area (Å²) >= 11 is 0. The molecule has 0 N–H and O–H groups in total. The van der Waals surface area contributed by atoms with E-state index in [1.807, 2.05) is 0 Å². The lowest BCUT2D eigenvalue weighted by Gasteiger charge is -2.11. The fraction of sp³-hybridized carbons (Fsp3) is 0.294. The molecule has 0 aliphatic heterocycles. The third-order valence-corrected chi connectivity index (χ3v) is 3.90. The van der Waals surface area contributed by atoms with E-state index < -0.39 is 0 Å². The van der Waals surface area contributed by atoms with Gasteiger partial charge < -0.3 is 0 Å². The van der Waals surface area contributed by atoms with Crippen molar-refractivity contribution in [3.63, 3.8) is 0 Å². The molecule has 86 valence electrons. The zero-order valence-corrected chi connectivity index (χ0v) is 10.5. The Morgan fingerprint density at radius 1 is 0.882 bits per heavy atom. The van der Waals surface area contributed by atoms with Gasteiger partial charge in [-0.25, -0.2) is 0 Å². The maximum absolute atomic E-state index is 2.35. The first-order chi connectivity index (χ1) is 8.27. The van der Waals surface area contributed by atoms with Crippen molar-refractivity contribution >= 4 is 0 Å². The summed E-state index contributed by atoms with van der Waals surface area (Å²) in [5.41, 5.74) is 5.73. The SMILES string of the molecule is Cc1ccccc1-c1ccccc1C1CC1C. The summed E-state index contributed by atoms with van der Waals surface area (Å²) in [7, 11) is 0. The monoisotopic (exact) mass is 222 g/mol. The van der Waals surface area contributed by atoms with Crippen LogP contribution < -0.4 is 0 Å². The molecule has 2 aromatic rings. The van der Waals surface area contributed by atoms with E-state index in [4.69, 9.17) is 0 Å². The number of rotatable bonds is 2. The molecule has 0 nitrogen and oxygen atoms in total. The molecule has 0 amide bonds. The van der Waals surface area contributed by atoms with Crippen molar-refractivity contribution in [1.82, 2.24) is 0 Å². The number of benzene rings is 2. The molecule has 2 atom stereocenters. The van der Waals surface area contributed by atoms with Crippen molar-refractivity contribution in [1.29, 1.82) is 0 Å². The van der Waals surface area contributed by atoms with Crippen LogP contribution in [-0.2, 0) is 0 Å². The van der Waals surface area contributed by atoms with Gasteiger partial charge in [0.15, 0.2) is 0 Å². The first kappa shape index (κ1) is 10.6. The molecule has 0 saturated heterocycles. The maximum Gasteiger partial charge on any atom is -0.0127 e. The average Bonchev–Trinajstić information content (AvgIpc) is 3.07. The fourth-order valence-corrected chi connectivity index (χ4v) is 2.70. The second-order valence-electron chi connectivity index (χ2n) is 5.22. The van der Waals surface area contributed by atoms with Crippen molar-refractivity contribution in [2.24, 2.45) is 5.92 Å². The summed E-state index contributed by atoms with van der Waals surface area (Å²) in [6.45, 7) is 4.54. The van der Waals surface area contributed by atoms with Crippen molar-refractivity contribution in [2.45, 2.75) is 26.2 Å². The summed E-state index contributed by atoms with van der Waals surface area (Å²) in [6, 6.07) is 17.6. The van der Waals surface area contributed by atoms with E-state index in [0.717, 1.165) is 11.8 Å². The highest BCUT2D eigenvalue weighted by atomic mass is 14.4. The number of aryl methyl sites for hydroxylation is 1. The van der Waals surface area contributed by atoms with Gasteiger partial charge >= 0.3 is 0 Å². The lowest BCUT2D eigenvalue weighted by atomic mass is 9.93. The minimum Gasteiger partial charge on any atom is -0.0620 e. The molecule has 0 spiro atoms. The minimum atomic E-state index is 0.783. The summed E-state index contributed by atoms with van der Waals surface area (Å²) < 4.78 is 0. The quantitative estimate of drug-likeness (QED) is 0.685. The molecule has 2 unspecified atom stereocenters. The van der Waals surface area contributed by atoms with Gasteiger partial charge in [0.05, 0.1) is 0 Å². The van der Waals surface area contributed by atoms with Crippen LogP contribution in [0.15, 0.2) is 48.5 Å². The maximum atomic E-state index is 2.35. The van der Waals surface area contributed by atoms with Crippen LogP contribution in [0.3, 0.4) is 0 Å². The van der Waals surface area contributed by atoms with Crippen molar-refractivity contribution in [3.8, 4) is 11.1 Å². The zero-order valence-electron chi connectivity index (χ0n) is 10.5. The van der Waals surface area contributed by atoms with Crippen LogP contribution in [0.1, 0.15) is 30.4 Å². The minimum absolute atomic E-state index is 0.783. The molecule has 2 aromatic carbocycles. The highest BCUT2D eigenvalue weighted by Crippen LogP contribution is 2.49. The highest BCUT2D eigenvalue weighted by Gasteiger charge is 2.35. The lowest BCUT2D eigenvalue weighted by molar-refractivity contribution is 0.916. The van der Waals surface area contributed by atoms with Crippen LogP contribution in [-0.4, -0.2) is 0 Å². The summed E-state index contributed by atoms with van der Waals surface area (Å²) in [4.78, 5) is 0. The van der Waals surface area contributed by atoms with E-state index in [9.17, 15) is 0 Å². The first-order valence-corrected chi connectivity index (χ1v) is 6.42. The molecule has 1 saturated carbocycles. The largest absolute Gasteiger partial charge is 0.0620 e. The van der Waals surface area contributed by atoms with Gasteiger partial charge in [0.25, 0.3) is 0 Å². The highest BCUT2D eigenvalue weighted by molar-refractivity contribution is 5.71. The number of hydrogen-bond acceptors (Lipinski definition) is 0. The Balaban J connectivity index is 2.12. The van der Waals surface area contributed by atoms with Gasteiger partial charge in [0.1, 0.15) is 0 Å². The zero-order chi connectivity index (χ0) is 11.8. The molecule has 0 radical (unpaired) electrons. The summed E-state index contributed by atoms with van der Waals surface area (Å²) in [5.74, 6) is 1.64. The van der Waals surface area contributed by atoms with Gasteiger partial charge in [0.2, 0.25) is 0 Å². The van der Waals surface area contributed by atoms with Crippen molar-refractivity contribution < 1.29 is 0 Å². The Kier molecular flexibility index (Phi) is 2.51. The summed E-state index contributed by atoms with van der Waals surface area (Å²) in [5, 5.41) is 0. The Morgan fingerprint density at radius 2 is 1.47 bits per heavy atom. The van der Waals surface area contributed by atoms with Crippen LogP contribution in [0.2, 0.25) is 0 Å². The van der Waals surface area contributed by atoms with Crippen LogP contribution >= 0.6 is 0 Å². The van der Waals surface area contributed by atoms with Gasteiger partial charge in [-0.2, -0.15) is 0 Å². The smallest absolute Gasteiger partial charge is 0.0127 e. The van der Waals surface area contributed by atoms with E-state index in [1.54, 1.807) is 0 Å². The second-order valence-corrected chi connectivity index (χ2v) is 5.22. The fourth-order valence-electron chi connectivity index (χ4n) is 2.70. The van der Waals surface area contributed by atoms with Crippen LogP contribution in [0.5, 0.6) is 0 Å². The third-order valence-electron chi connectivity index (χ3n) is 3.90. The third kappa shape index (κ3) is 1.88. The van der Waals surface area contributed by atoms with Crippen LogP contribution in [0.25, 0.3) is 11.1 Å². The van der Waals surface area contributed by atoms with Crippen LogP contribution in [0.4, 0.5) is 0 Å². The number of hydrogen-bond donors (Lipinski definition) is 0. The Bertz CT molecular complexity index is 539. The molecule has 3 rings (SSSR count). The lowest BCUT2D eigenvalue weighted by Crippen LogP contribution is -1.90. The standard InChI is InChI=1S/C17H18/c1-12-7-3-4-8-14(12)15-9-5-6-10-16(15)17-11-13(17)2/h3-10,13,17H,11H2,1-2H3.